The van der Waals surface area contributed by atoms with Gasteiger partial charge < -0.3 is 9.80 Å². The Bertz CT molecular complexity index is 419. The van der Waals surface area contributed by atoms with Gasteiger partial charge in [-0.05, 0) is 25.7 Å². The smallest absolute Gasteiger partial charge is 0.101 e. The van der Waals surface area contributed by atoms with E-state index in [1.807, 2.05) is 0 Å². The number of unbranched alkanes of at least 4 members (excludes halogenated alkanes) is 19. The second-order valence-electron chi connectivity index (χ2n) is 10.8. The van der Waals surface area contributed by atoms with Crippen LogP contribution in [0.1, 0.15) is 168 Å². The molecule has 0 fully saturated rings. The van der Waals surface area contributed by atoms with Crippen molar-refractivity contribution >= 4 is 0 Å². The van der Waals surface area contributed by atoms with Crippen molar-refractivity contribution in [2.75, 3.05) is 13.1 Å². The standard InChI is InChI=1S/C31H62N2/c1-4-7-9-11-13-15-16-17-18-20-22-24-26-31-32(27-6-3)29-30-33(31)28-25-23-21-19-14-12-10-8-5-2/h29-31H,4-28H2,1-3H3. The van der Waals surface area contributed by atoms with Crippen LogP contribution in [-0.4, -0.2) is 29.1 Å². The number of nitrogens with zero attached hydrogens (tertiary/aromatic N) is 2. The molecule has 0 saturated carbocycles. The van der Waals surface area contributed by atoms with Gasteiger partial charge in [-0.25, -0.2) is 0 Å². The predicted molar refractivity (Wildman–Crippen MR) is 150 cm³/mol. The molecule has 0 N–H and O–H groups in total. The first-order valence-corrected chi connectivity index (χ1v) is 15.5. The van der Waals surface area contributed by atoms with Crippen LogP contribution in [0.25, 0.3) is 0 Å². The van der Waals surface area contributed by atoms with Crippen molar-refractivity contribution in [3.8, 4) is 0 Å². The van der Waals surface area contributed by atoms with Crippen LogP contribution < -0.4 is 0 Å². The summed E-state index contributed by atoms with van der Waals surface area (Å²) in [5, 5.41) is 0. The Morgan fingerprint density at radius 2 is 0.758 bits per heavy atom. The van der Waals surface area contributed by atoms with Crippen molar-refractivity contribution in [2.45, 2.75) is 175 Å². The van der Waals surface area contributed by atoms with Gasteiger partial charge in [0.15, 0.2) is 0 Å². The van der Waals surface area contributed by atoms with Gasteiger partial charge in [-0.2, -0.15) is 0 Å². The fraction of sp³-hybridized carbons (Fsp3) is 0.935. The normalized spacial score (nSPS) is 15.8. The third-order valence-corrected chi connectivity index (χ3v) is 7.53. The van der Waals surface area contributed by atoms with Gasteiger partial charge in [-0.15, -0.1) is 0 Å². The average Bonchev–Trinajstić information content (AvgIpc) is 3.20. The molecule has 0 bridgehead atoms. The number of rotatable bonds is 25. The molecule has 1 aliphatic heterocycles. The van der Waals surface area contributed by atoms with E-state index in [9.17, 15) is 0 Å². The quantitative estimate of drug-likeness (QED) is 0.124. The zero-order valence-corrected chi connectivity index (χ0v) is 23.3. The molecule has 1 heterocycles. The van der Waals surface area contributed by atoms with Gasteiger partial charge in [-0.3, -0.25) is 0 Å². The van der Waals surface area contributed by atoms with E-state index in [4.69, 9.17) is 0 Å². The van der Waals surface area contributed by atoms with Crippen LogP contribution in [0.3, 0.4) is 0 Å². The van der Waals surface area contributed by atoms with Crippen LogP contribution in [0.2, 0.25) is 0 Å². The maximum absolute atomic E-state index is 2.66. The van der Waals surface area contributed by atoms with Gasteiger partial charge in [0, 0.05) is 25.5 Å². The molecule has 0 aromatic rings. The van der Waals surface area contributed by atoms with Crippen molar-refractivity contribution in [1.82, 2.24) is 9.80 Å². The van der Waals surface area contributed by atoms with Crippen LogP contribution in [-0.2, 0) is 0 Å². The van der Waals surface area contributed by atoms with Crippen LogP contribution >= 0.6 is 0 Å². The molecule has 2 nitrogen and oxygen atoms in total. The minimum absolute atomic E-state index is 0.641. The monoisotopic (exact) mass is 462 g/mol. The third kappa shape index (κ3) is 16.6. The molecule has 2 heteroatoms. The Hall–Kier alpha value is -0.660. The molecule has 196 valence electrons. The summed E-state index contributed by atoms with van der Waals surface area (Å²) < 4.78 is 0. The van der Waals surface area contributed by atoms with E-state index in [0.29, 0.717) is 6.17 Å². The Morgan fingerprint density at radius 3 is 1.18 bits per heavy atom. The van der Waals surface area contributed by atoms with Gasteiger partial charge in [0.25, 0.3) is 0 Å². The molecule has 0 aromatic carbocycles. The Balaban J connectivity index is 2.06. The highest BCUT2D eigenvalue weighted by atomic mass is 15.4. The molecule has 0 aliphatic carbocycles. The molecule has 0 aromatic heterocycles. The summed E-state index contributed by atoms with van der Waals surface area (Å²) in [5.41, 5.74) is 0. The van der Waals surface area contributed by atoms with Crippen molar-refractivity contribution in [3.63, 3.8) is 0 Å². The first kappa shape index (κ1) is 30.4. The van der Waals surface area contributed by atoms with E-state index in [2.05, 4.69) is 43.0 Å². The summed E-state index contributed by atoms with van der Waals surface area (Å²) in [7, 11) is 0. The first-order chi connectivity index (χ1) is 16.3. The second-order valence-corrected chi connectivity index (χ2v) is 10.8. The zero-order valence-electron chi connectivity index (χ0n) is 23.3. The molecular formula is C31H62N2. The van der Waals surface area contributed by atoms with Gasteiger partial charge in [0.05, 0.1) is 0 Å². The maximum atomic E-state index is 2.66. The lowest BCUT2D eigenvalue weighted by Crippen LogP contribution is -2.39. The lowest BCUT2D eigenvalue weighted by Gasteiger charge is -2.33. The highest BCUT2D eigenvalue weighted by Gasteiger charge is 2.24. The highest BCUT2D eigenvalue weighted by Crippen LogP contribution is 2.23. The molecule has 1 atom stereocenters. The third-order valence-electron chi connectivity index (χ3n) is 7.53. The minimum Gasteiger partial charge on any atom is -0.356 e. The van der Waals surface area contributed by atoms with Gasteiger partial charge in [-0.1, -0.05) is 143 Å². The van der Waals surface area contributed by atoms with E-state index in [-0.39, 0.29) is 0 Å². The van der Waals surface area contributed by atoms with E-state index in [1.54, 1.807) is 0 Å². The summed E-state index contributed by atoms with van der Waals surface area (Å²) in [6.45, 7) is 9.40. The van der Waals surface area contributed by atoms with Crippen molar-refractivity contribution in [2.24, 2.45) is 0 Å². The van der Waals surface area contributed by atoms with Crippen molar-refractivity contribution in [1.29, 1.82) is 0 Å². The number of hydrogen-bond donors (Lipinski definition) is 0. The van der Waals surface area contributed by atoms with Gasteiger partial charge >= 0.3 is 0 Å². The minimum atomic E-state index is 0.641. The second kappa shape index (κ2) is 23.1. The van der Waals surface area contributed by atoms with E-state index >= 15 is 0 Å². The molecule has 0 spiro atoms. The summed E-state index contributed by atoms with van der Waals surface area (Å²) in [6.07, 6.45) is 38.2. The van der Waals surface area contributed by atoms with E-state index < -0.39 is 0 Å². The lowest BCUT2D eigenvalue weighted by atomic mass is 10.0. The molecule has 0 amide bonds. The van der Waals surface area contributed by atoms with Gasteiger partial charge in [0.1, 0.15) is 6.17 Å². The molecular weight excluding hydrogens is 400 g/mol. The van der Waals surface area contributed by atoms with E-state index in [0.717, 1.165) is 0 Å². The summed E-state index contributed by atoms with van der Waals surface area (Å²) in [5.74, 6) is 0. The topological polar surface area (TPSA) is 6.48 Å². The highest BCUT2D eigenvalue weighted by molar-refractivity contribution is 4.96. The first-order valence-electron chi connectivity index (χ1n) is 15.5. The average molecular weight is 463 g/mol. The number of hydrogen-bond acceptors (Lipinski definition) is 2. The SMILES string of the molecule is CCCCCCCCCCCCCCC1N(CCC)C=CN1CCCCCCCCCCC. The van der Waals surface area contributed by atoms with Crippen LogP contribution in [0.5, 0.6) is 0 Å². The predicted octanol–water partition coefficient (Wildman–Crippen LogP) is 10.4. The Labute approximate surface area is 210 Å². The summed E-state index contributed by atoms with van der Waals surface area (Å²) in [6, 6.07) is 0. The molecule has 33 heavy (non-hydrogen) atoms. The largest absolute Gasteiger partial charge is 0.356 e. The van der Waals surface area contributed by atoms with Gasteiger partial charge in [0.2, 0.25) is 0 Å². The lowest BCUT2D eigenvalue weighted by molar-refractivity contribution is 0.137. The van der Waals surface area contributed by atoms with E-state index in [1.165, 1.54) is 161 Å². The summed E-state index contributed by atoms with van der Waals surface area (Å²) in [4.78, 5) is 5.28. The van der Waals surface area contributed by atoms with Crippen molar-refractivity contribution < 1.29 is 0 Å². The Kier molecular flexibility index (Phi) is 21.3. The molecule has 0 radical (unpaired) electrons. The zero-order chi connectivity index (χ0) is 23.8. The van der Waals surface area contributed by atoms with Crippen LogP contribution in [0.15, 0.2) is 12.4 Å². The van der Waals surface area contributed by atoms with Crippen LogP contribution in [0.4, 0.5) is 0 Å². The molecule has 1 rings (SSSR count). The fourth-order valence-electron chi connectivity index (χ4n) is 5.37. The molecule has 0 saturated heterocycles. The molecule has 1 aliphatic rings. The Morgan fingerprint density at radius 1 is 0.394 bits per heavy atom. The molecule has 1 unspecified atom stereocenters. The van der Waals surface area contributed by atoms with Crippen molar-refractivity contribution in [3.05, 3.63) is 12.4 Å². The summed E-state index contributed by atoms with van der Waals surface area (Å²) >= 11 is 0. The maximum Gasteiger partial charge on any atom is 0.101 e. The van der Waals surface area contributed by atoms with Crippen LogP contribution in [0, 0.1) is 0 Å². The fourth-order valence-corrected chi connectivity index (χ4v) is 5.37.